The molecular formula is C9H18BrNO2. The number of carbonyl (C=O) groups excluding carboxylic acids is 1. The lowest BCUT2D eigenvalue weighted by atomic mass is 10.2. The normalized spacial score (nSPS) is 13.9. The Morgan fingerprint density at radius 2 is 2.08 bits per heavy atom. The third-order valence-corrected chi connectivity index (χ3v) is 2.21. The minimum absolute atomic E-state index is 0.148. The maximum absolute atomic E-state index is 11.3. The van der Waals surface area contributed by atoms with E-state index in [0.717, 1.165) is 5.33 Å². The fourth-order valence-electron chi connectivity index (χ4n) is 0.818. The molecule has 1 N–H and O–H groups in total. The van der Waals surface area contributed by atoms with Gasteiger partial charge in [0.25, 0.3) is 0 Å². The molecule has 0 amide bonds. The van der Waals surface area contributed by atoms with E-state index in [1.54, 1.807) is 0 Å². The topological polar surface area (TPSA) is 38.3 Å². The molecule has 0 fully saturated rings. The van der Waals surface area contributed by atoms with Gasteiger partial charge < -0.3 is 10.1 Å². The average Bonchev–Trinajstić information content (AvgIpc) is 1.96. The summed E-state index contributed by atoms with van der Waals surface area (Å²) >= 11 is 3.31. The number of ether oxygens (including phenoxy) is 1. The molecule has 0 saturated carbocycles. The molecule has 0 aliphatic carbocycles. The highest BCUT2D eigenvalue weighted by Gasteiger charge is 2.18. The van der Waals surface area contributed by atoms with Crippen LogP contribution < -0.4 is 5.32 Å². The number of hydrogen-bond donors (Lipinski definition) is 1. The molecule has 0 aromatic heterocycles. The van der Waals surface area contributed by atoms with Gasteiger partial charge in [-0.1, -0.05) is 15.9 Å². The van der Waals surface area contributed by atoms with Crippen LogP contribution in [-0.4, -0.2) is 30.0 Å². The third-order valence-electron chi connectivity index (χ3n) is 1.43. The standard InChI is InChI=1S/C9H18BrNO2/c1-9(2,3)13-8(12)5-7(6-10)11-4/h7,11H,5-6H2,1-4H3/t7-/m1/s1. The van der Waals surface area contributed by atoms with Crippen molar-refractivity contribution in [2.45, 2.75) is 38.8 Å². The van der Waals surface area contributed by atoms with Crippen molar-refractivity contribution >= 4 is 21.9 Å². The molecule has 4 heteroatoms. The van der Waals surface area contributed by atoms with Crippen LogP contribution in [0.3, 0.4) is 0 Å². The second-order valence-corrected chi connectivity index (χ2v) is 4.58. The molecule has 0 aromatic rings. The minimum atomic E-state index is -0.387. The van der Waals surface area contributed by atoms with E-state index < -0.39 is 0 Å². The van der Waals surface area contributed by atoms with Gasteiger partial charge >= 0.3 is 5.97 Å². The summed E-state index contributed by atoms with van der Waals surface area (Å²) in [5.74, 6) is -0.161. The van der Waals surface area contributed by atoms with Gasteiger partial charge in [-0.05, 0) is 27.8 Å². The number of esters is 1. The van der Waals surface area contributed by atoms with Gasteiger partial charge in [-0.2, -0.15) is 0 Å². The summed E-state index contributed by atoms with van der Waals surface area (Å²) in [7, 11) is 1.83. The Morgan fingerprint density at radius 3 is 2.38 bits per heavy atom. The zero-order valence-corrected chi connectivity index (χ0v) is 10.3. The van der Waals surface area contributed by atoms with Gasteiger partial charge in [-0.25, -0.2) is 0 Å². The van der Waals surface area contributed by atoms with E-state index in [1.807, 2.05) is 27.8 Å². The second-order valence-electron chi connectivity index (χ2n) is 3.93. The Labute approximate surface area is 88.4 Å². The zero-order valence-electron chi connectivity index (χ0n) is 8.69. The Morgan fingerprint density at radius 1 is 1.54 bits per heavy atom. The monoisotopic (exact) mass is 251 g/mol. The average molecular weight is 252 g/mol. The van der Waals surface area contributed by atoms with Crippen LogP contribution in [0.5, 0.6) is 0 Å². The molecule has 0 radical (unpaired) electrons. The molecular weight excluding hydrogens is 234 g/mol. The van der Waals surface area contributed by atoms with Crippen LogP contribution >= 0.6 is 15.9 Å². The number of hydrogen-bond acceptors (Lipinski definition) is 3. The smallest absolute Gasteiger partial charge is 0.307 e. The van der Waals surface area contributed by atoms with Crippen LogP contribution in [0.1, 0.15) is 27.2 Å². The first-order chi connectivity index (χ1) is 5.89. The Kier molecular flexibility index (Phi) is 5.56. The van der Waals surface area contributed by atoms with E-state index >= 15 is 0 Å². The molecule has 0 spiro atoms. The van der Waals surface area contributed by atoms with Crippen molar-refractivity contribution in [1.29, 1.82) is 0 Å². The summed E-state index contributed by atoms with van der Waals surface area (Å²) in [4.78, 5) is 11.3. The first-order valence-electron chi connectivity index (χ1n) is 4.34. The highest BCUT2D eigenvalue weighted by molar-refractivity contribution is 9.09. The second kappa shape index (κ2) is 5.60. The van der Waals surface area contributed by atoms with E-state index in [0.29, 0.717) is 6.42 Å². The molecule has 0 rings (SSSR count). The molecule has 78 valence electrons. The van der Waals surface area contributed by atoms with Gasteiger partial charge in [-0.3, -0.25) is 4.79 Å². The predicted molar refractivity (Wildman–Crippen MR) is 57.1 cm³/mol. The molecule has 0 aromatic carbocycles. The quantitative estimate of drug-likeness (QED) is 0.611. The molecule has 3 nitrogen and oxygen atoms in total. The largest absolute Gasteiger partial charge is 0.460 e. The first kappa shape index (κ1) is 12.9. The van der Waals surface area contributed by atoms with Gasteiger partial charge in [0.05, 0.1) is 6.42 Å². The number of carbonyl (C=O) groups is 1. The number of alkyl halides is 1. The molecule has 0 unspecified atom stereocenters. The van der Waals surface area contributed by atoms with Crippen molar-refractivity contribution < 1.29 is 9.53 Å². The SMILES string of the molecule is CN[C@@H](CBr)CC(=O)OC(C)(C)C. The number of halogens is 1. The van der Waals surface area contributed by atoms with E-state index in [2.05, 4.69) is 21.2 Å². The van der Waals surface area contributed by atoms with E-state index in [1.165, 1.54) is 0 Å². The maximum Gasteiger partial charge on any atom is 0.307 e. The van der Waals surface area contributed by atoms with E-state index in [4.69, 9.17) is 4.74 Å². The van der Waals surface area contributed by atoms with Gasteiger partial charge in [0.15, 0.2) is 0 Å². The van der Waals surface area contributed by atoms with Crippen molar-refractivity contribution in [3.8, 4) is 0 Å². The summed E-state index contributed by atoms with van der Waals surface area (Å²) in [6.45, 7) is 5.61. The Balaban J connectivity index is 3.86. The first-order valence-corrected chi connectivity index (χ1v) is 5.46. The Hall–Kier alpha value is -0.0900. The van der Waals surface area contributed by atoms with Gasteiger partial charge in [0.2, 0.25) is 0 Å². The van der Waals surface area contributed by atoms with E-state index in [9.17, 15) is 4.79 Å². The van der Waals surface area contributed by atoms with Crippen molar-refractivity contribution in [3.63, 3.8) is 0 Å². The van der Waals surface area contributed by atoms with Crippen molar-refractivity contribution in [1.82, 2.24) is 5.32 Å². The summed E-state index contributed by atoms with van der Waals surface area (Å²) in [6, 6.07) is 0.148. The predicted octanol–water partition coefficient (Wildman–Crippen LogP) is 1.70. The fraction of sp³-hybridized carbons (Fsp3) is 0.889. The van der Waals surface area contributed by atoms with Crippen LogP contribution in [0.4, 0.5) is 0 Å². The van der Waals surface area contributed by atoms with Crippen LogP contribution in [-0.2, 0) is 9.53 Å². The van der Waals surface area contributed by atoms with Crippen LogP contribution in [0.25, 0.3) is 0 Å². The van der Waals surface area contributed by atoms with Crippen molar-refractivity contribution in [3.05, 3.63) is 0 Å². The molecule has 0 heterocycles. The molecule has 0 bridgehead atoms. The van der Waals surface area contributed by atoms with Crippen LogP contribution in [0.15, 0.2) is 0 Å². The summed E-state index contributed by atoms with van der Waals surface area (Å²) in [6.07, 6.45) is 0.402. The van der Waals surface area contributed by atoms with Gasteiger partial charge in [0, 0.05) is 11.4 Å². The Bertz CT molecular complexity index is 161. The van der Waals surface area contributed by atoms with Crippen molar-refractivity contribution in [2.75, 3.05) is 12.4 Å². The molecule has 0 saturated heterocycles. The fourth-order valence-corrected chi connectivity index (χ4v) is 1.37. The van der Waals surface area contributed by atoms with Crippen molar-refractivity contribution in [2.24, 2.45) is 0 Å². The van der Waals surface area contributed by atoms with E-state index in [-0.39, 0.29) is 17.6 Å². The highest BCUT2D eigenvalue weighted by Crippen LogP contribution is 2.09. The van der Waals surface area contributed by atoms with Gasteiger partial charge in [0.1, 0.15) is 5.60 Å². The zero-order chi connectivity index (χ0) is 10.5. The summed E-state index contributed by atoms with van der Waals surface area (Å²) in [5.41, 5.74) is -0.387. The maximum atomic E-state index is 11.3. The lowest BCUT2D eigenvalue weighted by Crippen LogP contribution is -2.33. The van der Waals surface area contributed by atoms with Gasteiger partial charge in [-0.15, -0.1) is 0 Å². The summed E-state index contributed by atoms with van der Waals surface area (Å²) in [5, 5.41) is 3.77. The molecule has 13 heavy (non-hydrogen) atoms. The summed E-state index contributed by atoms with van der Waals surface area (Å²) < 4.78 is 5.17. The minimum Gasteiger partial charge on any atom is -0.460 e. The third kappa shape index (κ3) is 7.02. The van der Waals surface area contributed by atoms with Crippen LogP contribution in [0, 0.1) is 0 Å². The molecule has 1 atom stereocenters. The number of rotatable bonds is 4. The lowest BCUT2D eigenvalue weighted by Gasteiger charge is -2.21. The highest BCUT2D eigenvalue weighted by atomic mass is 79.9. The lowest BCUT2D eigenvalue weighted by molar-refractivity contribution is -0.155. The molecule has 0 aliphatic heterocycles. The molecule has 0 aliphatic rings. The van der Waals surface area contributed by atoms with Crippen LogP contribution in [0.2, 0.25) is 0 Å². The number of nitrogens with one attached hydrogen (secondary N) is 1.